The van der Waals surface area contributed by atoms with Crippen LogP contribution in [0.4, 0.5) is 0 Å². The normalized spacial score (nSPS) is 18.1. The average Bonchev–Trinajstić information content (AvgIpc) is 3.11. The van der Waals surface area contributed by atoms with E-state index in [1.54, 1.807) is 0 Å². The van der Waals surface area contributed by atoms with Crippen molar-refractivity contribution in [2.45, 2.75) is 30.2 Å². The molecule has 1 atom stereocenters. The molecular formula is C16H25N3O5S. The lowest BCUT2D eigenvalue weighted by Gasteiger charge is -2.23. The first-order valence-electron chi connectivity index (χ1n) is 8.17. The molecule has 8 nitrogen and oxygen atoms in total. The number of carbonyl (C=O) groups is 1. The molecule has 2 rings (SSSR count). The van der Waals surface area contributed by atoms with Crippen molar-refractivity contribution in [3.8, 4) is 11.5 Å². The van der Waals surface area contributed by atoms with Gasteiger partial charge in [-0.05, 0) is 37.9 Å². The molecule has 140 valence electrons. The SMILES string of the molecule is COc1ccc(S(=O)(=O)N2CCCC2C(=O)NCCCN)cc1OC. The number of sulfonamides is 1. The zero-order chi connectivity index (χ0) is 18.4. The van der Waals surface area contributed by atoms with Gasteiger partial charge in [-0.1, -0.05) is 0 Å². The Morgan fingerprint density at radius 1 is 1.32 bits per heavy atom. The molecule has 1 unspecified atom stereocenters. The minimum Gasteiger partial charge on any atom is -0.493 e. The molecule has 0 aliphatic carbocycles. The second-order valence-corrected chi connectivity index (χ2v) is 7.61. The standard InChI is InChI=1S/C16H25N3O5S/c1-23-14-7-6-12(11-15(14)24-2)25(21,22)19-10-3-5-13(19)16(20)18-9-4-8-17/h6-7,11,13H,3-5,8-10,17H2,1-2H3,(H,18,20). The summed E-state index contributed by atoms with van der Waals surface area (Å²) < 4.78 is 37.5. The lowest BCUT2D eigenvalue weighted by atomic mass is 10.2. The van der Waals surface area contributed by atoms with E-state index < -0.39 is 16.1 Å². The van der Waals surface area contributed by atoms with Crippen LogP contribution in [0.5, 0.6) is 11.5 Å². The average molecular weight is 371 g/mol. The Hall–Kier alpha value is -1.84. The van der Waals surface area contributed by atoms with Crippen molar-refractivity contribution in [1.82, 2.24) is 9.62 Å². The van der Waals surface area contributed by atoms with Gasteiger partial charge in [-0.3, -0.25) is 4.79 Å². The quantitative estimate of drug-likeness (QED) is 0.637. The van der Waals surface area contributed by atoms with E-state index in [1.807, 2.05) is 0 Å². The first-order valence-corrected chi connectivity index (χ1v) is 9.61. The van der Waals surface area contributed by atoms with E-state index in [0.29, 0.717) is 50.4 Å². The van der Waals surface area contributed by atoms with Gasteiger partial charge in [-0.15, -0.1) is 0 Å². The number of nitrogens with one attached hydrogen (secondary N) is 1. The maximum atomic E-state index is 13.0. The van der Waals surface area contributed by atoms with Gasteiger partial charge < -0.3 is 20.5 Å². The fourth-order valence-electron chi connectivity index (χ4n) is 2.83. The van der Waals surface area contributed by atoms with Crippen LogP contribution in [0.1, 0.15) is 19.3 Å². The highest BCUT2D eigenvalue weighted by atomic mass is 32.2. The molecule has 9 heteroatoms. The summed E-state index contributed by atoms with van der Waals surface area (Å²) in [7, 11) is -0.886. The number of nitrogens with two attached hydrogens (primary N) is 1. The largest absolute Gasteiger partial charge is 0.493 e. The minimum absolute atomic E-state index is 0.0757. The van der Waals surface area contributed by atoms with Crippen molar-refractivity contribution in [3.05, 3.63) is 18.2 Å². The van der Waals surface area contributed by atoms with Crippen molar-refractivity contribution in [3.63, 3.8) is 0 Å². The van der Waals surface area contributed by atoms with Gasteiger partial charge in [0.2, 0.25) is 15.9 Å². The monoisotopic (exact) mass is 371 g/mol. The smallest absolute Gasteiger partial charge is 0.243 e. The molecule has 0 saturated carbocycles. The summed E-state index contributed by atoms with van der Waals surface area (Å²) in [6.07, 6.45) is 1.80. The molecule has 0 spiro atoms. The fourth-order valence-corrected chi connectivity index (χ4v) is 4.51. The van der Waals surface area contributed by atoms with Crippen molar-refractivity contribution in [1.29, 1.82) is 0 Å². The number of rotatable bonds is 8. The predicted molar refractivity (Wildman–Crippen MR) is 93.1 cm³/mol. The summed E-state index contributed by atoms with van der Waals surface area (Å²) in [4.78, 5) is 12.4. The van der Waals surface area contributed by atoms with Gasteiger partial charge in [-0.2, -0.15) is 4.31 Å². The Kier molecular flexibility index (Phi) is 6.63. The van der Waals surface area contributed by atoms with Crippen LogP contribution in [0.2, 0.25) is 0 Å². The summed E-state index contributed by atoms with van der Waals surface area (Å²) in [5.74, 6) is 0.487. The van der Waals surface area contributed by atoms with E-state index in [-0.39, 0.29) is 10.8 Å². The molecule has 1 aromatic rings. The topological polar surface area (TPSA) is 111 Å². The molecule has 0 bridgehead atoms. The van der Waals surface area contributed by atoms with Crippen LogP contribution in [0.25, 0.3) is 0 Å². The van der Waals surface area contributed by atoms with Crippen LogP contribution in [-0.2, 0) is 14.8 Å². The number of benzene rings is 1. The van der Waals surface area contributed by atoms with Crippen molar-refractivity contribution in [2.75, 3.05) is 33.9 Å². The van der Waals surface area contributed by atoms with E-state index >= 15 is 0 Å². The fraction of sp³-hybridized carbons (Fsp3) is 0.562. The molecule has 0 aromatic heterocycles. The Bertz CT molecular complexity index is 708. The van der Waals surface area contributed by atoms with Gasteiger partial charge in [0.15, 0.2) is 11.5 Å². The van der Waals surface area contributed by atoms with Crippen molar-refractivity contribution < 1.29 is 22.7 Å². The number of nitrogens with zero attached hydrogens (tertiary/aromatic N) is 1. The summed E-state index contributed by atoms with van der Waals surface area (Å²) in [5, 5.41) is 2.75. The number of hydrogen-bond donors (Lipinski definition) is 2. The predicted octanol–water partition coefficient (Wildman–Crippen LogP) is 0.322. The number of carbonyl (C=O) groups excluding carboxylic acids is 1. The van der Waals surface area contributed by atoms with Gasteiger partial charge in [0, 0.05) is 19.2 Å². The van der Waals surface area contributed by atoms with Crippen LogP contribution < -0.4 is 20.5 Å². The van der Waals surface area contributed by atoms with E-state index in [2.05, 4.69) is 5.32 Å². The van der Waals surface area contributed by atoms with Gasteiger partial charge in [0.1, 0.15) is 6.04 Å². The molecular weight excluding hydrogens is 346 g/mol. The summed E-state index contributed by atoms with van der Waals surface area (Å²) in [6.45, 7) is 1.22. The summed E-state index contributed by atoms with van der Waals surface area (Å²) in [6, 6.07) is 3.71. The second kappa shape index (κ2) is 8.50. The third-order valence-electron chi connectivity index (χ3n) is 4.15. The maximum absolute atomic E-state index is 13.0. The highest BCUT2D eigenvalue weighted by Crippen LogP contribution is 2.33. The summed E-state index contributed by atoms with van der Waals surface area (Å²) >= 11 is 0. The number of ether oxygens (including phenoxy) is 2. The zero-order valence-electron chi connectivity index (χ0n) is 14.5. The van der Waals surface area contributed by atoms with Gasteiger partial charge in [0.05, 0.1) is 19.1 Å². The third-order valence-corrected chi connectivity index (χ3v) is 6.05. The molecule has 25 heavy (non-hydrogen) atoms. The number of amides is 1. The van der Waals surface area contributed by atoms with Crippen molar-refractivity contribution >= 4 is 15.9 Å². The zero-order valence-corrected chi connectivity index (χ0v) is 15.3. The molecule has 1 aliphatic rings. The second-order valence-electron chi connectivity index (χ2n) is 5.72. The Morgan fingerprint density at radius 3 is 2.68 bits per heavy atom. The number of methoxy groups -OCH3 is 2. The highest BCUT2D eigenvalue weighted by Gasteiger charge is 2.39. The van der Waals surface area contributed by atoms with E-state index in [9.17, 15) is 13.2 Å². The van der Waals surface area contributed by atoms with Crippen LogP contribution in [0, 0.1) is 0 Å². The van der Waals surface area contributed by atoms with Crippen LogP contribution in [0.15, 0.2) is 23.1 Å². The van der Waals surface area contributed by atoms with Crippen LogP contribution in [-0.4, -0.2) is 58.5 Å². The minimum atomic E-state index is -3.81. The van der Waals surface area contributed by atoms with Crippen LogP contribution >= 0.6 is 0 Å². The van der Waals surface area contributed by atoms with Gasteiger partial charge in [0.25, 0.3) is 0 Å². The Balaban J connectivity index is 2.24. The molecule has 1 saturated heterocycles. The highest BCUT2D eigenvalue weighted by molar-refractivity contribution is 7.89. The van der Waals surface area contributed by atoms with E-state index in [0.717, 1.165) is 0 Å². The lowest BCUT2D eigenvalue weighted by Crippen LogP contribution is -2.46. The molecule has 1 fully saturated rings. The Labute approximate surface area is 148 Å². The van der Waals surface area contributed by atoms with Crippen LogP contribution in [0.3, 0.4) is 0 Å². The van der Waals surface area contributed by atoms with Gasteiger partial charge >= 0.3 is 0 Å². The van der Waals surface area contributed by atoms with E-state index in [1.165, 1.54) is 36.7 Å². The molecule has 1 amide bonds. The molecule has 1 aliphatic heterocycles. The lowest BCUT2D eigenvalue weighted by molar-refractivity contribution is -0.124. The molecule has 1 aromatic carbocycles. The van der Waals surface area contributed by atoms with Gasteiger partial charge in [-0.25, -0.2) is 8.42 Å². The maximum Gasteiger partial charge on any atom is 0.243 e. The number of hydrogen-bond acceptors (Lipinski definition) is 6. The third kappa shape index (κ3) is 4.23. The van der Waals surface area contributed by atoms with Crippen molar-refractivity contribution in [2.24, 2.45) is 5.73 Å². The van der Waals surface area contributed by atoms with E-state index in [4.69, 9.17) is 15.2 Å². The summed E-state index contributed by atoms with van der Waals surface area (Å²) in [5.41, 5.74) is 5.41. The Morgan fingerprint density at radius 2 is 2.04 bits per heavy atom. The molecule has 3 N–H and O–H groups in total. The molecule has 1 heterocycles. The first-order chi connectivity index (χ1) is 12.0. The molecule has 0 radical (unpaired) electrons. The first kappa shape index (κ1) is 19.5.